The van der Waals surface area contributed by atoms with Crippen LogP contribution in [0.15, 0.2) is 18.2 Å². The van der Waals surface area contributed by atoms with Gasteiger partial charge in [-0.3, -0.25) is 4.79 Å². The SMILES string of the molecule is O=Cc1cccc(C#CC2CC2)n1. The van der Waals surface area contributed by atoms with E-state index in [4.69, 9.17) is 0 Å². The van der Waals surface area contributed by atoms with E-state index in [0.717, 1.165) is 6.29 Å². The van der Waals surface area contributed by atoms with Crippen molar-refractivity contribution >= 4 is 6.29 Å². The largest absolute Gasteiger partial charge is 0.296 e. The van der Waals surface area contributed by atoms with Crippen molar-refractivity contribution in [2.75, 3.05) is 0 Å². The van der Waals surface area contributed by atoms with Crippen molar-refractivity contribution in [2.45, 2.75) is 12.8 Å². The summed E-state index contributed by atoms with van der Waals surface area (Å²) in [5.41, 5.74) is 1.14. The van der Waals surface area contributed by atoms with E-state index in [9.17, 15) is 4.79 Å². The fraction of sp³-hybridized carbons (Fsp3) is 0.273. The summed E-state index contributed by atoms with van der Waals surface area (Å²) >= 11 is 0. The van der Waals surface area contributed by atoms with Gasteiger partial charge in [0.15, 0.2) is 6.29 Å². The Hall–Kier alpha value is -1.62. The molecule has 1 aliphatic carbocycles. The molecule has 1 aromatic heterocycles. The highest BCUT2D eigenvalue weighted by Gasteiger charge is 2.17. The molecule has 0 radical (unpaired) electrons. The van der Waals surface area contributed by atoms with Gasteiger partial charge in [-0.25, -0.2) is 4.98 Å². The lowest BCUT2D eigenvalue weighted by Gasteiger charge is -1.90. The zero-order chi connectivity index (χ0) is 9.10. The number of nitrogens with zero attached hydrogens (tertiary/aromatic N) is 1. The smallest absolute Gasteiger partial charge is 0.168 e. The predicted molar refractivity (Wildman–Crippen MR) is 49.2 cm³/mol. The number of hydrogen-bond donors (Lipinski definition) is 0. The van der Waals surface area contributed by atoms with E-state index in [1.54, 1.807) is 12.1 Å². The van der Waals surface area contributed by atoms with Crippen LogP contribution in [-0.2, 0) is 0 Å². The van der Waals surface area contributed by atoms with Gasteiger partial charge in [0, 0.05) is 5.92 Å². The highest BCUT2D eigenvalue weighted by Crippen LogP contribution is 2.27. The highest BCUT2D eigenvalue weighted by atomic mass is 16.1. The quantitative estimate of drug-likeness (QED) is 0.475. The van der Waals surface area contributed by atoms with Gasteiger partial charge < -0.3 is 0 Å². The minimum absolute atomic E-state index is 0.447. The van der Waals surface area contributed by atoms with Crippen LogP contribution in [0.5, 0.6) is 0 Å². The Morgan fingerprint density at radius 2 is 2.31 bits per heavy atom. The van der Waals surface area contributed by atoms with Crippen molar-refractivity contribution in [1.29, 1.82) is 0 Å². The molecule has 0 aromatic carbocycles. The molecule has 0 bridgehead atoms. The van der Waals surface area contributed by atoms with Crippen molar-refractivity contribution in [3.8, 4) is 11.8 Å². The average Bonchev–Trinajstić information content (AvgIpc) is 2.99. The summed E-state index contributed by atoms with van der Waals surface area (Å²) in [6.45, 7) is 0. The second-order valence-corrected chi connectivity index (χ2v) is 3.11. The van der Waals surface area contributed by atoms with E-state index < -0.39 is 0 Å². The van der Waals surface area contributed by atoms with E-state index in [1.807, 2.05) is 6.07 Å². The van der Waals surface area contributed by atoms with Crippen LogP contribution in [0.4, 0.5) is 0 Å². The van der Waals surface area contributed by atoms with Crippen molar-refractivity contribution in [2.24, 2.45) is 5.92 Å². The van der Waals surface area contributed by atoms with Gasteiger partial charge in [-0.1, -0.05) is 12.0 Å². The molecule has 1 aliphatic rings. The van der Waals surface area contributed by atoms with Gasteiger partial charge in [-0.15, -0.1) is 0 Å². The van der Waals surface area contributed by atoms with E-state index in [0.29, 0.717) is 17.3 Å². The van der Waals surface area contributed by atoms with Gasteiger partial charge in [-0.05, 0) is 30.9 Å². The molecule has 0 saturated heterocycles. The average molecular weight is 171 g/mol. The Bertz CT molecular complexity index is 383. The third-order valence-corrected chi connectivity index (χ3v) is 1.87. The van der Waals surface area contributed by atoms with Gasteiger partial charge >= 0.3 is 0 Å². The van der Waals surface area contributed by atoms with Crippen LogP contribution in [0.25, 0.3) is 0 Å². The lowest BCUT2D eigenvalue weighted by Crippen LogP contribution is -1.88. The van der Waals surface area contributed by atoms with Crippen LogP contribution < -0.4 is 0 Å². The number of aromatic nitrogens is 1. The second-order valence-electron chi connectivity index (χ2n) is 3.11. The maximum Gasteiger partial charge on any atom is 0.168 e. The Labute approximate surface area is 77.0 Å². The maximum atomic E-state index is 10.4. The first kappa shape index (κ1) is 8.00. The summed E-state index contributed by atoms with van der Waals surface area (Å²) in [4.78, 5) is 14.4. The molecule has 0 N–H and O–H groups in total. The molecule has 0 unspecified atom stereocenters. The summed E-state index contributed by atoms with van der Waals surface area (Å²) in [6.07, 6.45) is 3.16. The Morgan fingerprint density at radius 1 is 1.46 bits per heavy atom. The van der Waals surface area contributed by atoms with Crippen molar-refractivity contribution in [3.05, 3.63) is 29.6 Å². The number of carbonyl (C=O) groups excluding carboxylic acids is 1. The van der Waals surface area contributed by atoms with Gasteiger partial charge in [0.25, 0.3) is 0 Å². The van der Waals surface area contributed by atoms with Crippen LogP contribution >= 0.6 is 0 Å². The zero-order valence-electron chi connectivity index (χ0n) is 7.16. The van der Waals surface area contributed by atoms with Gasteiger partial charge in [0.2, 0.25) is 0 Å². The van der Waals surface area contributed by atoms with Gasteiger partial charge in [0.1, 0.15) is 11.4 Å². The summed E-state index contributed by atoms with van der Waals surface area (Å²) in [5.74, 6) is 6.63. The molecule has 2 nitrogen and oxygen atoms in total. The van der Waals surface area contributed by atoms with Crippen molar-refractivity contribution < 1.29 is 4.79 Å². The van der Waals surface area contributed by atoms with Crippen molar-refractivity contribution in [3.63, 3.8) is 0 Å². The Kier molecular flexibility index (Phi) is 2.09. The van der Waals surface area contributed by atoms with E-state index in [2.05, 4.69) is 16.8 Å². The third kappa shape index (κ3) is 2.16. The van der Waals surface area contributed by atoms with Crippen LogP contribution in [0.3, 0.4) is 0 Å². The minimum Gasteiger partial charge on any atom is -0.296 e. The summed E-state index contributed by atoms with van der Waals surface area (Å²) in [7, 11) is 0. The first-order valence-corrected chi connectivity index (χ1v) is 4.32. The number of pyridine rings is 1. The Morgan fingerprint density at radius 3 is 3.00 bits per heavy atom. The van der Waals surface area contributed by atoms with Gasteiger partial charge in [-0.2, -0.15) is 0 Å². The third-order valence-electron chi connectivity index (χ3n) is 1.87. The predicted octanol–water partition coefficient (Wildman–Crippen LogP) is 1.66. The lowest BCUT2D eigenvalue weighted by molar-refractivity contribution is 0.111. The molecular formula is C11H9NO. The molecule has 0 spiro atoms. The zero-order valence-corrected chi connectivity index (χ0v) is 7.16. The number of hydrogen-bond acceptors (Lipinski definition) is 2. The topological polar surface area (TPSA) is 30.0 Å². The normalized spacial score (nSPS) is 14.5. The number of rotatable bonds is 1. The molecule has 1 fully saturated rings. The molecule has 0 aliphatic heterocycles. The molecule has 2 heteroatoms. The number of aldehydes is 1. The minimum atomic E-state index is 0.447. The standard InChI is InChI=1S/C11H9NO/c13-8-11-3-1-2-10(12-11)7-6-9-4-5-9/h1-3,8-9H,4-5H2. The highest BCUT2D eigenvalue weighted by molar-refractivity contribution is 5.71. The van der Waals surface area contributed by atoms with Crippen LogP contribution in [0.1, 0.15) is 29.0 Å². The van der Waals surface area contributed by atoms with Crippen LogP contribution in [-0.4, -0.2) is 11.3 Å². The monoisotopic (exact) mass is 171 g/mol. The first-order chi connectivity index (χ1) is 6.38. The molecule has 13 heavy (non-hydrogen) atoms. The lowest BCUT2D eigenvalue weighted by atomic mass is 10.3. The van der Waals surface area contributed by atoms with Crippen molar-refractivity contribution in [1.82, 2.24) is 4.98 Å². The van der Waals surface area contributed by atoms with Gasteiger partial charge in [0.05, 0.1) is 0 Å². The molecule has 0 atom stereocenters. The fourth-order valence-electron chi connectivity index (χ4n) is 0.990. The van der Waals surface area contributed by atoms with E-state index >= 15 is 0 Å². The van der Waals surface area contributed by atoms with Crippen LogP contribution in [0.2, 0.25) is 0 Å². The van der Waals surface area contributed by atoms with Crippen LogP contribution in [0, 0.1) is 17.8 Å². The molecule has 1 heterocycles. The molecule has 1 aromatic rings. The number of carbonyl (C=O) groups is 1. The summed E-state index contributed by atoms with van der Waals surface area (Å²) < 4.78 is 0. The van der Waals surface area contributed by atoms with E-state index in [-0.39, 0.29) is 0 Å². The summed E-state index contributed by atoms with van der Waals surface area (Å²) in [6, 6.07) is 5.30. The summed E-state index contributed by atoms with van der Waals surface area (Å²) in [5, 5.41) is 0. The van der Waals surface area contributed by atoms with E-state index in [1.165, 1.54) is 12.8 Å². The molecular weight excluding hydrogens is 162 g/mol. The first-order valence-electron chi connectivity index (χ1n) is 4.32. The second kappa shape index (κ2) is 3.40. The fourth-order valence-corrected chi connectivity index (χ4v) is 0.990. The molecule has 1 saturated carbocycles. The maximum absolute atomic E-state index is 10.4. The Balaban J connectivity index is 2.20. The molecule has 64 valence electrons. The molecule has 0 amide bonds. The molecule has 2 rings (SSSR count).